The summed E-state index contributed by atoms with van der Waals surface area (Å²) in [6.45, 7) is 17.1. The van der Waals surface area contributed by atoms with Gasteiger partial charge in [0.1, 0.15) is 5.41 Å². The standard InChI is InChI=1S/C41H53NO3/c1-25-17-19-37(3)21-22-39(5)30(34(37)26(25)2)15-16-32-38(4)24-28(23-29-14-13-27-11-9-10-12-31(27)42-29)35(43)41(7,36(44)45-8)33(38)18-20-40(32,39)6/h9-15,23,25-26,32-34H,16-22,24H2,1-8H3/b28-23+/t25-,26+,32-,33-,34+,37-,38-,39-,40-,41-/m1/s1. The second kappa shape index (κ2) is 10.1. The number of ether oxygens (including phenoxy) is 1. The number of ketones is 1. The highest BCUT2D eigenvalue weighted by Crippen LogP contribution is 2.75. The quantitative estimate of drug-likeness (QED) is 0.148. The van der Waals surface area contributed by atoms with Crippen molar-refractivity contribution in [3.8, 4) is 0 Å². The molecule has 0 bridgehead atoms. The summed E-state index contributed by atoms with van der Waals surface area (Å²) in [5.74, 6) is 1.93. The topological polar surface area (TPSA) is 56.3 Å². The van der Waals surface area contributed by atoms with E-state index in [4.69, 9.17) is 9.72 Å². The van der Waals surface area contributed by atoms with Gasteiger partial charge >= 0.3 is 5.97 Å². The number of carbonyl (C=O) groups excluding carboxylic acids is 2. The van der Waals surface area contributed by atoms with Gasteiger partial charge in [-0.1, -0.05) is 77.5 Å². The van der Waals surface area contributed by atoms with Crippen molar-refractivity contribution in [3.63, 3.8) is 0 Å². The van der Waals surface area contributed by atoms with Gasteiger partial charge in [0.2, 0.25) is 0 Å². The van der Waals surface area contributed by atoms with Crippen LogP contribution in [0.2, 0.25) is 0 Å². The van der Waals surface area contributed by atoms with Crippen molar-refractivity contribution >= 4 is 28.7 Å². The Kier molecular flexibility index (Phi) is 6.95. The number of allylic oxidation sites excluding steroid dienone is 3. The molecule has 10 atom stereocenters. The molecule has 0 amide bonds. The Balaban J connectivity index is 1.35. The first-order valence-electron chi connectivity index (χ1n) is 17.6. The van der Waals surface area contributed by atoms with Crippen LogP contribution in [0.1, 0.15) is 106 Å². The molecule has 4 saturated carbocycles. The van der Waals surface area contributed by atoms with E-state index >= 15 is 0 Å². The smallest absolute Gasteiger partial charge is 0.319 e. The van der Waals surface area contributed by atoms with Crippen LogP contribution in [0.25, 0.3) is 17.0 Å². The van der Waals surface area contributed by atoms with Gasteiger partial charge in [-0.25, -0.2) is 4.98 Å². The molecule has 1 aromatic carbocycles. The highest BCUT2D eigenvalue weighted by atomic mass is 16.5. The van der Waals surface area contributed by atoms with Crippen LogP contribution >= 0.6 is 0 Å². The lowest BCUT2D eigenvalue weighted by Crippen LogP contribution is -2.66. The molecule has 0 radical (unpaired) electrons. The minimum atomic E-state index is -1.21. The highest BCUT2D eigenvalue weighted by Gasteiger charge is 2.70. The summed E-state index contributed by atoms with van der Waals surface area (Å²) in [6.07, 6.45) is 13.5. The molecule has 1 heterocycles. The predicted octanol–water partition coefficient (Wildman–Crippen LogP) is 9.63. The second-order valence-electron chi connectivity index (χ2n) is 17.1. The van der Waals surface area contributed by atoms with Crippen molar-refractivity contribution < 1.29 is 14.3 Å². The Morgan fingerprint density at radius 2 is 1.69 bits per heavy atom. The van der Waals surface area contributed by atoms with Crippen LogP contribution in [0.5, 0.6) is 0 Å². The first kappa shape index (κ1) is 30.9. The molecule has 0 spiro atoms. The van der Waals surface area contributed by atoms with Crippen LogP contribution in [0, 0.1) is 56.7 Å². The van der Waals surface area contributed by atoms with Crippen LogP contribution in [0.4, 0.5) is 0 Å². The second-order valence-corrected chi connectivity index (χ2v) is 17.1. The Labute approximate surface area is 270 Å². The number of aromatic nitrogens is 1. The Morgan fingerprint density at radius 1 is 0.933 bits per heavy atom. The SMILES string of the molecule is COC(=O)[C@@]1(C)C(=O)/C(=C/c2ccc3ccccc3n2)C[C@]2(C)[C@H]3CC=C4[C@@H]5[C@@H](C)[C@H](C)CC[C@]5(C)CC[C@@]4(C)[C@]3(C)CC[C@@H]12. The Hall–Kier alpha value is -2.75. The Morgan fingerprint density at radius 3 is 2.44 bits per heavy atom. The van der Waals surface area contributed by atoms with E-state index in [1.165, 1.54) is 32.8 Å². The van der Waals surface area contributed by atoms with Gasteiger partial charge in [-0.05, 0) is 133 Å². The summed E-state index contributed by atoms with van der Waals surface area (Å²) in [5.41, 5.74) is 3.31. The molecule has 0 saturated heterocycles. The first-order chi connectivity index (χ1) is 21.2. The monoisotopic (exact) mass is 607 g/mol. The van der Waals surface area contributed by atoms with Crippen LogP contribution in [-0.2, 0) is 14.3 Å². The number of Topliss-reactive ketones (excluding diaryl/α,β-unsaturated/α-hetero) is 1. The Bertz CT molecular complexity index is 1640. The molecule has 0 unspecified atom stereocenters. The number of nitrogens with zero attached hydrogens (tertiary/aromatic N) is 1. The van der Waals surface area contributed by atoms with Crippen molar-refractivity contribution in [2.24, 2.45) is 56.7 Å². The van der Waals surface area contributed by atoms with E-state index in [-0.39, 0.29) is 33.9 Å². The van der Waals surface area contributed by atoms with E-state index in [1.54, 1.807) is 5.57 Å². The molecule has 5 aliphatic carbocycles. The molecule has 1 aromatic heterocycles. The third-order valence-corrected chi connectivity index (χ3v) is 15.2. The number of carbonyl (C=O) groups is 2. The van der Waals surface area contributed by atoms with Crippen molar-refractivity contribution in [2.75, 3.05) is 7.11 Å². The maximum absolute atomic E-state index is 14.5. The average molecular weight is 608 g/mol. The van der Waals surface area contributed by atoms with E-state index in [0.29, 0.717) is 29.6 Å². The average Bonchev–Trinajstić information content (AvgIpc) is 3.02. The molecule has 5 aliphatic rings. The fourth-order valence-electron chi connectivity index (χ4n) is 12.3. The lowest BCUT2D eigenvalue weighted by atomic mass is 9.33. The van der Waals surface area contributed by atoms with Crippen molar-refractivity contribution in [1.29, 1.82) is 0 Å². The molecule has 0 N–H and O–H groups in total. The third-order valence-electron chi connectivity index (χ3n) is 15.2. The van der Waals surface area contributed by atoms with Gasteiger partial charge in [-0.15, -0.1) is 0 Å². The van der Waals surface area contributed by atoms with E-state index in [0.717, 1.165) is 47.4 Å². The number of rotatable bonds is 2. The molecule has 7 rings (SSSR count). The molecule has 2 aromatic rings. The first-order valence-corrected chi connectivity index (χ1v) is 17.6. The fraction of sp³-hybridized carbons (Fsp3) is 0.634. The van der Waals surface area contributed by atoms with Gasteiger partial charge in [-0.3, -0.25) is 9.59 Å². The van der Waals surface area contributed by atoms with Crippen LogP contribution in [-0.4, -0.2) is 23.8 Å². The molecule has 4 nitrogen and oxygen atoms in total. The van der Waals surface area contributed by atoms with Crippen molar-refractivity contribution in [1.82, 2.24) is 4.98 Å². The maximum Gasteiger partial charge on any atom is 0.319 e. The van der Waals surface area contributed by atoms with E-state index in [1.807, 2.05) is 37.3 Å². The number of esters is 1. The number of hydrogen-bond donors (Lipinski definition) is 0. The zero-order chi connectivity index (χ0) is 32.2. The minimum Gasteiger partial charge on any atom is -0.468 e. The van der Waals surface area contributed by atoms with E-state index < -0.39 is 5.41 Å². The van der Waals surface area contributed by atoms with Gasteiger partial charge in [0, 0.05) is 5.39 Å². The van der Waals surface area contributed by atoms with Gasteiger partial charge in [0.25, 0.3) is 0 Å². The summed E-state index contributed by atoms with van der Waals surface area (Å²) < 4.78 is 5.46. The van der Waals surface area contributed by atoms with Gasteiger partial charge in [0.15, 0.2) is 5.78 Å². The van der Waals surface area contributed by atoms with Crippen LogP contribution < -0.4 is 0 Å². The number of methoxy groups -OCH3 is 1. The number of para-hydroxylation sites is 1. The number of hydrogen-bond acceptors (Lipinski definition) is 4. The van der Waals surface area contributed by atoms with E-state index in [2.05, 4.69) is 59.8 Å². The van der Waals surface area contributed by atoms with Gasteiger partial charge in [-0.2, -0.15) is 0 Å². The molecule has 0 aliphatic heterocycles. The third kappa shape index (κ3) is 4.05. The highest BCUT2D eigenvalue weighted by molar-refractivity contribution is 6.15. The molecular formula is C41H53NO3. The zero-order valence-corrected chi connectivity index (χ0v) is 28.8. The van der Waals surface area contributed by atoms with Crippen molar-refractivity contribution in [3.05, 3.63) is 59.3 Å². The van der Waals surface area contributed by atoms with Crippen molar-refractivity contribution in [2.45, 2.75) is 99.8 Å². The summed E-state index contributed by atoms with van der Waals surface area (Å²) >= 11 is 0. The summed E-state index contributed by atoms with van der Waals surface area (Å²) in [4.78, 5) is 33.2. The summed E-state index contributed by atoms with van der Waals surface area (Å²) in [5, 5.41) is 1.08. The summed E-state index contributed by atoms with van der Waals surface area (Å²) in [7, 11) is 1.44. The normalized spacial score (nSPS) is 45.2. The number of pyridine rings is 1. The van der Waals surface area contributed by atoms with E-state index in [9.17, 15) is 9.59 Å². The number of benzene rings is 1. The fourth-order valence-corrected chi connectivity index (χ4v) is 12.3. The molecule has 240 valence electrons. The lowest BCUT2D eigenvalue weighted by molar-refractivity contribution is -0.192. The van der Waals surface area contributed by atoms with Gasteiger partial charge in [0.05, 0.1) is 18.3 Å². The molecular weight excluding hydrogens is 554 g/mol. The maximum atomic E-state index is 14.5. The molecule has 45 heavy (non-hydrogen) atoms. The van der Waals surface area contributed by atoms with Gasteiger partial charge < -0.3 is 4.74 Å². The predicted molar refractivity (Wildman–Crippen MR) is 181 cm³/mol. The molecule has 4 heteroatoms. The summed E-state index contributed by atoms with van der Waals surface area (Å²) in [6, 6.07) is 12.2. The minimum absolute atomic E-state index is 0.0641. The molecule has 4 fully saturated rings. The number of fused-ring (bicyclic) bond motifs is 8. The largest absolute Gasteiger partial charge is 0.468 e. The zero-order valence-electron chi connectivity index (χ0n) is 28.8. The van der Waals surface area contributed by atoms with Crippen LogP contribution in [0.15, 0.2) is 53.6 Å². The van der Waals surface area contributed by atoms with Crippen LogP contribution in [0.3, 0.4) is 0 Å². The lowest BCUT2D eigenvalue weighted by Gasteiger charge is -2.71.